The van der Waals surface area contributed by atoms with E-state index in [0.29, 0.717) is 6.04 Å². The Hall–Kier alpha value is -1.25. The highest BCUT2D eigenvalue weighted by Crippen LogP contribution is 2.35. The zero-order chi connectivity index (χ0) is 8.84. The van der Waals surface area contributed by atoms with E-state index in [4.69, 9.17) is 0 Å². The van der Waals surface area contributed by atoms with Gasteiger partial charge in [0, 0.05) is 13.1 Å². The van der Waals surface area contributed by atoms with Gasteiger partial charge in [0.15, 0.2) is 0 Å². The van der Waals surface area contributed by atoms with Crippen molar-refractivity contribution in [2.45, 2.75) is 18.9 Å². The molecule has 13 heavy (non-hydrogen) atoms. The van der Waals surface area contributed by atoms with Crippen LogP contribution in [0, 0.1) is 0 Å². The standard InChI is InChI=1S/C10H12N2O/c13-10-9-6-7-2-1-3-8(7)12(9)5-4-11-10/h2,6,8H,1,3-5H2,(H,11,13). The second kappa shape index (κ2) is 2.37. The van der Waals surface area contributed by atoms with Crippen LogP contribution in [0.4, 0.5) is 0 Å². The first-order valence-corrected chi connectivity index (χ1v) is 4.83. The summed E-state index contributed by atoms with van der Waals surface area (Å²) in [6.07, 6.45) is 6.65. The molecule has 0 saturated carbocycles. The maximum Gasteiger partial charge on any atom is 0.267 e. The van der Waals surface area contributed by atoms with E-state index in [1.165, 1.54) is 18.4 Å². The number of carbonyl (C=O) groups excluding carboxylic acids is 1. The molecule has 1 N–H and O–H groups in total. The van der Waals surface area contributed by atoms with Gasteiger partial charge in [0.25, 0.3) is 5.91 Å². The molecule has 0 aromatic heterocycles. The summed E-state index contributed by atoms with van der Waals surface area (Å²) >= 11 is 0. The van der Waals surface area contributed by atoms with Gasteiger partial charge in [0.05, 0.1) is 6.04 Å². The van der Waals surface area contributed by atoms with Gasteiger partial charge in [-0.3, -0.25) is 4.79 Å². The van der Waals surface area contributed by atoms with Crippen molar-refractivity contribution in [1.29, 1.82) is 0 Å². The van der Waals surface area contributed by atoms with Gasteiger partial charge in [-0.15, -0.1) is 0 Å². The molecule has 3 heteroatoms. The second-order valence-corrected chi connectivity index (χ2v) is 3.78. The van der Waals surface area contributed by atoms with Gasteiger partial charge in [-0.1, -0.05) is 6.08 Å². The van der Waals surface area contributed by atoms with Crippen molar-refractivity contribution in [3.8, 4) is 0 Å². The van der Waals surface area contributed by atoms with Crippen LogP contribution in [-0.4, -0.2) is 29.9 Å². The predicted octanol–water partition coefficient (Wildman–Crippen LogP) is 0.404. The molecule has 0 spiro atoms. The molecular weight excluding hydrogens is 164 g/mol. The van der Waals surface area contributed by atoms with Crippen molar-refractivity contribution in [2.24, 2.45) is 0 Å². The van der Waals surface area contributed by atoms with Crippen molar-refractivity contribution in [3.63, 3.8) is 0 Å². The third-order valence-electron chi connectivity index (χ3n) is 3.06. The van der Waals surface area contributed by atoms with Crippen molar-refractivity contribution < 1.29 is 4.79 Å². The van der Waals surface area contributed by atoms with Gasteiger partial charge in [-0.2, -0.15) is 0 Å². The number of nitrogens with zero attached hydrogens (tertiary/aromatic N) is 1. The molecule has 3 rings (SSSR count). The van der Waals surface area contributed by atoms with Gasteiger partial charge < -0.3 is 10.2 Å². The van der Waals surface area contributed by atoms with Crippen LogP contribution in [-0.2, 0) is 4.79 Å². The number of hydrogen-bond acceptors (Lipinski definition) is 2. The highest BCUT2D eigenvalue weighted by molar-refractivity contribution is 5.95. The number of hydrogen-bond donors (Lipinski definition) is 1. The number of carbonyl (C=O) groups is 1. The van der Waals surface area contributed by atoms with Crippen molar-refractivity contribution >= 4 is 5.91 Å². The van der Waals surface area contributed by atoms with E-state index in [1.54, 1.807) is 0 Å². The highest BCUT2D eigenvalue weighted by Gasteiger charge is 2.36. The number of piperazine rings is 1. The zero-order valence-corrected chi connectivity index (χ0v) is 7.42. The lowest BCUT2D eigenvalue weighted by atomic mass is 10.1. The van der Waals surface area contributed by atoms with E-state index in [9.17, 15) is 4.79 Å². The summed E-state index contributed by atoms with van der Waals surface area (Å²) in [4.78, 5) is 13.7. The summed E-state index contributed by atoms with van der Waals surface area (Å²) in [6, 6.07) is 0.515. The lowest BCUT2D eigenvalue weighted by Crippen LogP contribution is -2.47. The molecule has 1 saturated heterocycles. The lowest BCUT2D eigenvalue weighted by molar-refractivity contribution is -0.120. The average molecular weight is 176 g/mol. The van der Waals surface area contributed by atoms with Crippen molar-refractivity contribution in [2.75, 3.05) is 13.1 Å². The maximum absolute atomic E-state index is 11.5. The van der Waals surface area contributed by atoms with Crippen molar-refractivity contribution in [3.05, 3.63) is 23.4 Å². The van der Waals surface area contributed by atoms with Crippen LogP contribution in [0.25, 0.3) is 0 Å². The fourth-order valence-electron chi connectivity index (χ4n) is 2.46. The molecule has 2 heterocycles. The van der Waals surface area contributed by atoms with E-state index < -0.39 is 0 Å². The molecular formula is C10H12N2O. The molecule has 1 unspecified atom stereocenters. The summed E-state index contributed by atoms with van der Waals surface area (Å²) < 4.78 is 0. The van der Waals surface area contributed by atoms with Crippen molar-refractivity contribution in [1.82, 2.24) is 10.2 Å². The Morgan fingerprint density at radius 1 is 1.54 bits per heavy atom. The molecule has 0 aromatic carbocycles. The number of nitrogens with one attached hydrogen (secondary N) is 1. The van der Waals surface area contributed by atoms with Gasteiger partial charge in [0.1, 0.15) is 5.70 Å². The van der Waals surface area contributed by atoms with E-state index in [1.807, 2.05) is 6.08 Å². The summed E-state index contributed by atoms with van der Waals surface area (Å²) in [7, 11) is 0. The minimum atomic E-state index is 0.0987. The van der Waals surface area contributed by atoms with Gasteiger partial charge in [-0.05, 0) is 24.5 Å². The highest BCUT2D eigenvalue weighted by atomic mass is 16.2. The fraction of sp³-hybridized carbons (Fsp3) is 0.500. The Labute approximate surface area is 77.1 Å². The predicted molar refractivity (Wildman–Crippen MR) is 48.9 cm³/mol. The fourth-order valence-corrected chi connectivity index (χ4v) is 2.46. The molecule has 2 aliphatic heterocycles. The zero-order valence-electron chi connectivity index (χ0n) is 7.42. The van der Waals surface area contributed by atoms with Gasteiger partial charge in [-0.25, -0.2) is 0 Å². The minimum absolute atomic E-state index is 0.0987. The van der Waals surface area contributed by atoms with Crippen LogP contribution in [0.3, 0.4) is 0 Å². The van der Waals surface area contributed by atoms with Crippen LogP contribution in [0.1, 0.15) is 12.8 Å². The average Bonchev–Trinajstić information content (AvgIpc) is 2.65. The summed E-state index contributed by atoms with van der Waals surface area (Å²) in [5.41, 5.74) is 2.23. The van der Waals surface area contributed by atoms with Gasteiger partial charge in [0.2, 0.25) is 0 Å². The van der Waals surface area contributed by atoms with Crippen LogP contribution in [0.2, 0.25) is 0 Å². The summed E-state index contributed by atoms with van der Waals surface area (Å²) in [6.45, 7) is 1.76. The van der Waals surface area contributed by atoms with Crippen LogP contribution in [0.5, 0.6) is 0 Å². The number of fused-ring (bicyclic) bond motifs is 3. The Balaban J connectivity index is 2.01. The number of amides is 1. The Bertz CT molecular complexity index is 330. The summed E-state index contributed by atoms with van der Waals surface area (Å²) in [5.74, 6) is 0.0987. The first-order valence-electron chi connectivity index (χ1n) is 4.83. The topological polar surface area (TPSA) is 32.3 Å². The Morgan fingerprint density at radius 2 is 2.46 bits per heavy atom. The molecule has 68 valence electrons. The Morgan fingerprint density at radius 3 is 3.38 bits per heavy atom. The minimum Gasteiger partial charge on any atom is -0.358 e. The van der Waals surface area contributed by atoms with E-state index >= 15 is 0 Å². The molecule has 1 fully saturated rings. The molecule has 0 bridgehead atoms. The third-order valence-corrected chi connectivity index (χ3v) is 3.06. The largest absolute Gasteiger partial charge is 0.358 e. The van der Waals surface area contributed by atoms with E-state index in [2.05, 4.69) is 16.3 Å². The van der Waals surface area contributed by atoms with Crippen LogP contribution >= 0.6 is 0 Å². The normalized spacial score (nSPS) is 30.6. The van der Waals surface area contributed by atoms with Crippen LogP contribution < -0.4 is 5.32 Å². The smallest absolute Gasteiger partial charge is 0.267 e. The lowest BCUT2D eigenvalue weighted by Gasteiger charge is -2.31. The maximum atomic E-state index is 11.5. The van der Waals surface area contributed by atoms with E-state index in [-0.39, 0.29) is 5.91 Å². The third kappa shape index (κ3) is 0.870. The molecule has 3 nitrogen and oxygen atoms in total. The first kappa shape index (κ1) is 7.18. The first-order chi connectivity index (χ1) is 6.36. The molecule has 1 atom stereocenters. The number of rotatable bonds is 0. The number of allylic oxidation sites excluding steroid dienone is 1. The summed E-state index contributed by atoms with van der Waals surface area (Å²) in [5, 5.41) is 2.87. The molecule has 3 aliphatic rings. The van der Waals surface area contributed by atoms with Gasteiger partial charge >= 0.3 is 0 Å². The molecule has 0 radical (unpaired) electrons. The molecule has 0 aromatic rings. The molecule has 1 aliphatic carbocycles. The quantitative estimate of drug-likeness (QED) is 0.579. The van der Waals surface area contributed by atoms with E-state index in [0.717, 1.165) is 18.8 Å². The monoisotopic (exact) mass is 176 g/mol. The molecule has 1 amide bonds. The Kier molecular flexibility index (Phi) is 1.31. The second-order valence-electron chi connectivity index (χ2n) is 3.78. The SMILES string of the molecule is O=C1NCCN2C1=CC1=CCCC12. The van der Waals surface area contributed by atoms with Crippen LogP contribution in [0.15, 0.2) is 23.4 Å².